The first kappa shape index (κ1) is 16.9. The molecule has 0 saturated heterocycles. The molecule has 0 fully saturated rings. The van der Waals surface area contributed by atoms with Crippen molar-refractivity contribution < 1.29 is 56.2 Å². The third-order valence-corrected chi connectivity index (χ3v) is 0. The van der Waals surface area contributed by atoms with Gasteiger partial charge in [-0.3, -0.25) is 0 Å². The maximum absolute atomic E-state index is 2.01. The van der Waals surface area contributed by atoms with Crippen molar-refractivity contribution in [2.45, 2.75) is 0 Å². The van der Waals surface area contributed by atoms with Gasteiger partial charge in [0.05, 0.1) is 0 Å². The van der Waals surface area contributed by atoms with Crippen molar-refractivity contribution >= 4 is 6.11 Å². The normalized spacial score (nSPS) is 1.00. The minimum atomic E-state index is 0. The van der Waals surface area contributed by atoms with Gasteiger partial charge in [-0.15, -0.1) is 0 Å². The molecular weight excluding hydrogens is 228 g/mol. The molecule has 0 aliphatic rings. The molecule has 0 amide bonds. The van der Waals surface area contributed by atoms with E-state index in [1.165, 1.54) is 0 Å². The van der Waals surface area contributed by atoms with Crippen LogP contribution in [0.4, 0.5) is 0 Å². The molecule has 0 atom stereocenters. The van der Waals surface area contributed by atoms with Crippen molar-refractivity contribution in [1.82, 2.24) is 0 Å². The number of rotatable bonds is 0. The Kier molecular flexibility index (Phi) is 87.1. The fourth-order valence-electron chi connectivity index (χ4n) is 0. The summed E-state index contributed by atoms with van der Waals surface area (Å²) in [5, 5.41) is 0. The molecule has 0 aliphatic carbocycles. The molecule has 0 N–H and O–H groups in total. The van der Waals surface area contributed by atoms with Crippen LogP contribution < -0.4 is 0 Å². The molecule has 4 heavy (non-hydrogen) atoms. The smallest absolute Gasteiger partial charge is 0 e. The molecule has 0 rings (SSSR count). The summed E-state index contributed by atoms with van der Waals surface area (Å²) in [6.45, 7) is 0. The van der Waals surface area contributed by atoms with E-state index in [9.17, 15) is 0 Å². The van der Waals surface area contributed by atoms with Crippen LogP contribution in [-0.2, 0) is 56.2 Å². The van der Waals surface area contributed by atoms with E-state index in [1.807, 2.05) is 25.7 Å². The van der Waals surface area contributed by atoms with Crippen LogP contribution in [0.2, 0.25) is 0 Å². The van der Waals surface area contributed by atoms with Crippen LogP contribution in [0.15, 0.2) is 0 Å². The SMILES string of the molecule is [BH2][Mo].[Fe].[Zn]. The topological polar surface area (TPSA) is 0 Å². The molecule has 0 spiro atoms. The first-order valence-corrected chi connectivity index (χ1v) is 2.42. The average molecular weight is 230 g/mol. The first-order valence-electron chi connectivity index (χ1n) is 0.408. The molecule has 0 aromatic heterocycles. The standard InChI is InChI=1S/BH2.Fe.Mo.Zn/h1H2;;;/q+1;;-1;. The predicted octanol–water partition coefficient (Wildman–Crippen LogP) is -0.924. The molecule has 0 unspecified atom stereocenters. The molecule has 0 heterocycles. The van der Waals surface area contributed by atoms with Crippen molar-refractivity contribution in [3.8, 4) is 0 Å². The van der Waals surface area contributed by atoms with Gasteiger partial charge in [0.2, 0.25) is 0 Å². The zero-order valence-corrected chi connectivity index (χ0v) is 8.55. The molecule has 0 saturated carbocycles. The van der Waals surface area contributed by atoms with Crippen molar-refractivity contribution in [2.24, 2.45) is 0 Å². The largest absolute Gasteiger partial charge is 0 e. The Hall–Kier alpha value is 1.90. The molecule has 0 aromatic rings. The van der Waals surface area contributed by atoms with Crippen LogP contribution in [0.25, 0.3) is 0 Å². The molecule has 0 bridgehead atoms. The predicted molar refractivity (Wildman–Crippen MR) is 8.54 cm³/mol. The summed E-state index contributed by atoms with van der Waals surface area (Å²) >= 11 is 1.95. The Morgan fingerprint density at radius 2 is 1.25 bits per heavy atom. The minimum absolute atomic E-state index is 0. The maximum Gasteiger partial charge on any atom is 0 e. The van der Waals surface area contributed by atoms with Gasteiger partial charge in [0.1, 0.15) is 0 Å². The first-order chi connectivity index (χ1) is 1.00. The van der Waals surface area contributed by atoms with E-state index in [0.717, 1.165) is 0 Å². The van der Waals surface area contributed by atoms with Crippen molar-refractivity contribution in [2.75, 3.05) is 0 Å². The summed E-state index contributed by atoms with van der Waals surface area (Å²) in [5.74, 6) is 0. The van der Waals surface area contributed by atoms with Crippen LogP contribution in [0.5, 0.6) is 0 Å². The van der Waals surface area contributed by atoms with Crippen molar-refractivity contribution in [3.05, 3.63) is 0 Å². The maximum atomic E-state index is 2.01. The second-order valence-corrected chi connectivity index (χ2v) is 0. The minimum Gasteiger partial charge on any atom is 0 e. The number of hydrogen-bond acceptors (Lipinski definition) is 0. The van der Waals surface area contributed by atoms with E-state index >= 15 is 0 Å². The molecule has 21 valence electrons. The van der Waals surface area contributed by atoms with Gasteiger partial charge in [-0.25, -0.2) is 0 Å². The van der Waals surface area contributed by atoms with Crippen LogP contribution in [0.1, 0.15) is 0 Å². The van der Waals surface area contributed by atoms with E-state index in [2.05, 4.69) is 0 Å². The van der Waals surface area contributed by atoms with Crippen molar-refractivity contribution in [3.63, 3.8) is 0 Å². The Morgan fingerprint density at radius 3 is 1.25 bits per heavy atom. The Labute approximate surface area is 61.8 Å². The van der Waals surface area contributed by atoms with Crippen LogP contribution in [-0.4, -0.2) is 6.11 Å². The van der Waals surface area contributed by atoms with Gasteiger partial charge in [-0.1, -0.05) is 0 Å². The van der Waals surface area contributed by atoms with Gasteiger partial charge in [0.25, 0.3) is 0 Å². The third kappa shape index (κ3) is 9.09. The van der Waals surface area contributed by atoms with Gasteiger partial charge in [0.15, 0.2) is 0 Å². The Balaban J connectivity index is -0.00000000500. The molecule has 0 aromatic carbocycles. The van der Waals surface area contributed by atoms with Gasteiger partial charge in [-0.05, 0) is 0 Å². The van der Waals surface area contributed by atoms with Gasteiger partial charge >= 0.3 is 25.7 Å². The van der Waals surface area contributed by atoms with Crippen LogP contribution >= 0.6 is 0 Å². The summed E-state index contributed by atoms with van der Waals surface area (Å²) in [6.07, 6.45) is 2.01. The van der Waals surface area contributed by atoms with E-state index in [-0.39, 0.29) is 36.5 Å². The van der Waals surface area contributed by atoms with Crippen LogP contribution in [0, 0.1) is 0 Å². The second-order valence-electron chi connectivity index (χ2n) is 0. The van der Waals surface area contributed by atoms with Gasteiger partial charge in [0, 0.05) is 36.5 Å². The molecule has 0 radical (unpaired) electrons. The van der Waals surface area contributed by atoms with Crippen molar-refractivity contribution in [1.29, 1.82) is 0 Å². The summed E-state index contributed by atoms with van der Waals surface area (Å²) in [7, 11) is 0. The zero-order chi connectivity index (χ0) is 2.00. The van der Waals surface area contributed by atoms with E-state index in [0.29, 0.717) is 0 Å². The summed E-state index contributed by atoms with van der Waals surface area (Å²) in [6, 6.07) is 0. The fourth-order valence-corrected chi connectivity index (χ4v) is 0. The fraction of sp³-hybridized carbons (Fsp3) is 0. The second kappa shape index (κ2) is 20.7. The molecule has 0 nitrogen and oxygen atoms in total. The summed E-state index contributed by atoms with van der Waals surface area (Å²) in [4.78, 5) is 0. The van der Waals surface area contributed by atoms with E-state index in [4.69, 9.17) is 0 Å². The monoisotopic (exact) mass is 231 g/mol. The Bertz CT molecular complexity index is 8.00. The zero-order valence-electron chi connectivity index (χ0n) is 2.47. The summed E-state index contributed by atoms with van der Waals surface area (Å²) < 4.78 is 0. The van der Waals surface area contributed by atoms with Gasteiger partial charge < -0.3 is 0 Å². The van der Waals surface area contributed by atoms with E-state index < -0.39 is 0 Å². The average Bonchev–Trinajstić information content (AvgIpc) is 1.00. The molecule has 4 heteroatoms. The van der Waals surface area contributed by atoms with E-state index in [1.54, 1.807) is 0 Å². The number of hydrogen-bond donors (Lipinski definition) is 0. The quantitative estimate of drug-likeness (QED) is 0.472. The van der Waals surface area contributed by atoms with Crippen LogP contribution in [0.3, 0.4) is 0 Å². The third-order valence-electron chi connectivity index (χ3n) is 0. The molecular formula is H2BFeMoZn. The Morgan fingerprint density at radius 1 is 1.25 bits per heavy atom. The van der Waals surface area contributed by atoms with Gasteiger partial charge in [-0.2, -0.15) is 0 Å². The summed E-state index contributed by atoms with van der Waals surface area (Å²) in [5.41, 5.74) is 0. The molecule has 0 aliphatic heterocycles.